The molecular formula is C21H25NO4. The molecule has 0 aliphatic carbocycles. The molecular weight excluding hydrogens is 330 g/mol. The molecule has 0 aromatic heterocycles. The summed E-state index contributed by atoms with van der Waals surface area (Å²) in [5, 5.41) is 12.1. The Labute approximate surface area is 154 Å². The molecule has 0 bridgehead atoms. The highest BCUT2D eigenvalue weighted by Gasteiger charge is 2.17. The van der Waals surface area contributed by atoms with Gasteiger partial charge < -0.3 is 9.84 Å². The maximum atomic E-state index is 12.0. The van der Waals surface area contributed by atoms with E-state index >= 15 is 0 Å². The van der Waals surface area contributed by atoms with Crippen molar-refractivity contribution >= 4 is 17.7 Å². The molecule has 2 aromatic carbocycles. The van der Waals surface area contributed by atoms with Gasteiger partial charge in [0, 0.05) is 0 Å². The molecule has 0 unspecified atom stereocenters. The van der Waals surface area contributed by atoms with E-state index in [9.17, 15) is 14.7 Å². The van der Waals surface area contributed by atoms with E-state index in [2.05, 4.69) is 12.2 Å². The van der Waals surface area contributed by atoms with Crippen LogP contribution in [0.2, 0.25) is 0 Å². The molecule has 2 rings (SSSR count). The zero-order valence-corrected chi connectivity index (χ0v) is 15.0. The predicted molar refractivity (Wildman–Crippen MR) is 101 cm³/mol. The molecule has 5 nitrogen and oxygen atoms in total. The number of ether oxygens (including phenoxy) is 1. The van der Waals surface area contributed by atoms with Gasteiger partial charge >= 0.3 is 12.1 Å². The molecule has 0 saturated carbocycles. The van der Waals surface area contributed by atoms with E-state index in [4.69, 9.17) is 4.74 Å². The minimum Gasteiger partial charge on any atom is -0.478 e. The molecule has 0 saturated heterocycles. The number of aromatic carboxylic acids is 1. The molecule has 1 amide bonds. The number of carboxylic acids is 1. The molecule has 5 heteroatoms. The van der Waals surface area contributed by atoms with E-state index in [-0.39, 0.29) is 17.9 Å². The number of carbonyl (C=O) groups is 2. The fourth-order valence-corrected chi connectivity index (χ4v) is 2.78. The van der Waals surface area contributed by atoms with Crippen LogP contribution >= 0.6 is 0 Å². The number of anilines is 1. The van der Waals surface area contributed by atoms with Crippen molar-refractivity contribution in [1.82, 2.24) is 0 Å². The topological polar surface area (TPSA) is 75.6 Å². The lowest BCUT2D eigenvalue weighted by atomic mass is 9.99. The first-order valence-corrected chi connectivity index (χ1v) is 8.94. The first-order chi connectivity index (χ1) is 12.6. The number of hydrogen-bond acceptors (Lipinski definition) is 3. The van der Waals surface area contributed by atoms with Crippen LogP contribution in [0.4, 0.5) is 10.5 Å². The van der Waals surface area contributed by atoms with Crippen LogP contribution in [-0.2, 0) is 17.8 Å². The van der Waals surface area contributed by atoms with Crippen molar-refractivity contribution < 1.29 is 19.4 Å². The Bertz CT molecular complexity index is 728. The lowest BCUT2D eigenvalue weighted by Gasteiger charge is -2.13. The summed E-state index contributed by atoms with van der Waals surface area (Å²) in [6.45, 7) is 2.26. The molecule has 0 aliphatic heterocycles. The van der Waals surface area contributed by atoms with E-state index in [1.165, 1.54) is 0 Å². The summed E-state index contributed by atoms with van der Waals surface area (Å²) in [4.78, 5) is 23.7. The second kappa shape index (κ2) is 10.2. The Kier molecular flexibility index (Phi) is 7.68. The van der Waals surface area contributed by atoms with Gasteiger partial charge in [-0.25, -0.2) is 9.59 Å². The normalized spacial score (nSPS) is 10.3. The Hall–Kier alpha value is -2.82. The van der Waals surface area contributed by atoms with E-state index in [1.807, 2.05) is 30.3 Å². The van der Waals surface area contributed by atoms with Crippen molar-refractivity contribution in [3.8, 4) is 0 Å². The van der Waals surface area contributed by atoms with Gasteiger partial charge in [0.25, 0.3) is 0 Å². The SMILES string of the molecule is CCCCCCc1cccc(NC(=O)OCc2ccccc2)c1C(=O)O. The maximum Gasteiger partial charge on any atom is 0.411 e. The van der Waals surface area contributed by atoms with Crippen molar-refractivity contribution in [2.75, 3.05) is 5.32 Å². The zero-order valence-electron chi connectivity index (χ0n) is 15.0. The Morgan fingerprint density at radius 2 is 1.77 bits per heavy atom. The van der Waals surface area contributed by atoms with Crippen LogP contribution in [0, 0.1) is 0 Å². The molecule has 2 N–H and O–H groups in total. The third-order valence-electron chi connectivity index (χ3n) is 4.11. The lowest BCUT2D eigenvalue weighted by molar-refractivity contribution is 0.0697. The van der Waals surface area contributed by atoms with Crippen LogP contribution in [0.15, 0.2) is 48.5 Å². The highest BCUT2D eigenvalue weighted by molar-refractivity contribution is 6.00. The summed E-state index contributed by atoms with van der Waals surface area (Å²) >= 11 is 0. The maximum absolute atomic E-state index is 12.0. The van der Waals surface area contributed by atoms with Crippen LogP contribution in [0.5, 0.6) is 0 Å². The van der Waals surface area contributed by atoms with Gasteiger partial charge in [0.2, 0.25) is 0 Å². The molecule has 2 aromatic rings. The van der Waals surface area contributed by atoms with E-state index in [1.54, 1.807) is 18.2 Å². The van der Waals surface area contributed by atoms with Gasteiger partial charge in [-0.3, -0.25) is 5.32 Å². The number of aryl methyl sites for hydroxylation is 1. The summed E-state index contributed by atoms with van der Waals surface area (Å²) in [7, 11) is 0. The van der Waals surface area contributed by atoms with Gasteiger partial charge in [0.15, 0.2) is 0 Å². The molecule has 0 atom stereocenters. The monoisotopic (exact) mass is 355 g/mol. The first-order valence-electron chi connectivity index (χ1n) is 8.94. The highest BCUT2D eigenvalue weighted by Crippen LogP contribution is 2.22. The third kappa shape index (κ3) is 5.92. The second-order valence-corrected chi connectivity index (χ2v) is 6.14. The Balaban J connectivity index is 2.02. The summed E-state index contributed by atoms with van der Waals surface area (Å²) in [6.07, 6.45) is 4.25. The Morgan fingerprint density at radius 1 is 1.00 bits per heavy atom. The van der Waals surface area contributed by atoms with Crippen molar-refractivity contribution in [2.45, 2.75) is 45.6 Å². The smallest absolute Gasteiger partial charge is 0.411 e. The molecule has 0 aliphatic rings. The Morgan fingerprint density at radius 3 is 2.46 bits per heavy atom. The van der Waals surface area contributed by atoms with E-state index in [0.29, 0.717) is 6.42 Å². The number of rotatable bonds is 9. The summed E-state index contributed by atoms with van der Waals surface area (Å²) in [5.74, 6) is -1.05. The number of carbonyl (C=O) groups excluding carboxylic acids is 1. The summed E-state index contributed by atoms with van der Waals surface area (Å²) < 4.78 is 5.18. The number of benzene rings is 2. The number of carboxylic acid groups (broad SMARTS) is 1. The number of hydrogen-bond donors (Lipinski definition) is 2. The minimum absolute atomic E-state index is 0.131. The van der Waals surface area contributed by atoms with Crippen LogP contribution in [-0.4, -0.2) is 17.2 Å². The predicted octanol–water partition coefficient (Wildman–Crippen LogP) is 5.26. The zero-order chi connectivity index (χ0) is 18.8. The van der Waals surface area contributed by atoms with E-state index < -0.39 is 12.1 Å². The van der Waals surface area contributed by atoms with Crippen molar-refractivity contribution in [3.63, 3.8) is 0 Å². The van der Waals surface area contributed by atoms with Crippen LogP contribution in [0.3, 0.4) is 0 Å². The number of amides is 1. The molecule has 0 fully saturated rings. The van der Waals surface area contributed by atoms with Crippen molar-refractivity contribution in [3.05, 3.63) is 65.2 Å². The van der Waals surface area contributed by atoms with Gasteiger partial charge in [0.05, 0.1) is 11.3 Å². The number of unbranched alkanes of at least 4 members (excludes halogenated alkanes) is 3. The van der Waals surface area contributed by atoms with Crippen LogP contribution < -0.4 is 5.32 Å². The second-order valence-electron chi connectivity index (χ2n) is 6.14. The van der Waals surface area contributed by atoms with Crippen LogP contribution in [0.1, 0.15) is 54.1 Å². The van der Waals surface area contributed by atoms with Gasteiger partial charge in [-0.2, -0.15) is 0 Å². The standard InChI is InChI=1S/C21H25NO4/c1-2-3-4-8-12-17-13-9-14-18(19(17)20(23)24)22-21(25)26-15-16-10-6-5-7-11-16/h5-7,9-11,13-14H,2-4,8,12,15H2,1H3,(H,22,25)(H,23,24). The molecule has 0 radical (unpaired) electrons. The molecule has 138 valence electrons. The fraction of sp³-hybridized carbons (Fsp3) is 0.333. The molecule has 26 heavy (non-hydrogen) atoms. The van der Waals surface area contributed by atoms with Crippen LogP contribution in [0.25, 0.3) is 0 Å². The van der Waals surface area contributed by atoms with Gasteiger partial charge in [-0.05, 0) is 30.0 Å². The number of nitrogens with one attached hydrogen (secondary N) is 1. The van der Waals surface area contributed by atoms with Crippen molar-refractivity contribution in [1.29, 1.82) is 0 Å². The molecule has 0 spiro atoms. The average molecular weight is 355 g/mol. The largest absolute Gasteiger partial charge is 0.478 e. The molecule has 0 heterocycles. The summed E-state index contributed by atoms with van der Waals surface area (Å²) in [6, 6.07) is 14.5. The minimum atomic E-state index is -1.05. The van der Waals surface area contributed by atoms with Gasteiger partial charge in [0.1, 0.15) is 6.61 Å². The summed E-state index contributed by atoms with van der Waals surface area (Å²) in [5.41, 5.74) is 2.00. The lowest BCUT2D eigenvalue weighted by Crippen LogP contribution is -2.17. The van der Waals surface area contributed by atoms with Gasteiger partial charge in [-0.1, -0.05) is 68.7 Å². The quantitative estimate of drug-likeness (QED) is 0.602. The average Bonchev–Trinajstić information content (AvgIpc) is 2.64. The fourth-order valence-electron chi connectivity index (χ4n) is 2.78. The van der Waals surface area contributed by atoms with Gasteiger partial charge in [-0.15, -0.1) is 0 Å². The third-order valence-corrected chi connectivity index (χ3v) is 4.11. The van der Waals surface area contributed by atoms with E-state index in [0.717, 1.165) is 36.8 Å². The highest BCUT2D eigenvalue weighted by atomic mass is 16.5. The van der Waals surface area contributed by atoms with Crippen molar-refractivity contribution in [2.24, 2.45) is 0 Å². The first kappa shape index (κ1) is 19.5.